The normalized spacial score (nSPS) is 11.7. The molecule has 0 aliphatic carbocycles. The number of anilines is 2. The molecule has 0 saturated carbocycles. The van der Waals surface area contributed by atoms with Gasteiger partial charge in [0.05, 0.1) is 22.5 Å². The van der Waals surface area contributed by atoms with Crippen molar-refractivity contribution in [2.75, 3.05) is 16.6 Å². The molecule has 0 spiro atoms. The van der Waals surface area contributed by atoms with Crippen LogP contribution in [0.3, 0.4) is 0 Å². The van der Waals surface area contributed by atoms with Gasteiger partial charge < -0.3 is 10.1 Å². The van der Waals surface area contributed by atoms with Gasteiger partial charge in [-0.1, -0.05) is 15.9 Å². The van der Waals surface area contributed by atoms with Crippen molar-refractivity contribution >= 4 is 53.3 Å². The maximum absolute atomic E-state index is 12.9. The molecule has 9 nitrogen and oxygen atoms in total. The van der Waals surface area contributed by atoms with E-state index in [4.69, 9.17) is 4.74 Å². The van der Waals surface area contributed by atoms with Crippen molar-refractivity contribution in [1.82, 2.24) is 5.32 Å². The minimum Gasteiger partial charge on any atom is -0.496 e. The van der Waals surface area contributed by atoms with Gasteiger partial charge in [0.15, 0.2) is 0 Å². The Morgan fingerprint density at radius 2 is 1.29 bits per heavy atom. The van der Waals surface area contributed by atoms with Crippen LogP contribution in [0.1, 0.15) is 24.2 Å². The second kappa shape index (κ2) is 10.7. The van der Waals surface area contributed by atoms with Gasteiger partial charge in [-0.25, -0.2) is 16.8 Å². The standard InChI is InChI=1S/C23H24BrN3O6S2/c1-15(2)25-23(28)21-14-20(12-13-22(21)33-3)35(31,32)27-18-8-10-19(11-9-18)34(29,30)26-17-6-4-16(24)5-7-17/h4-15,26-27H,1-3H3,(H,25,28). The van der Waals surface area contributed by atoms with Crippen molar-refractivity contribution in [1.29, 1.82) is 0 Å². The summed E-state index contributed by atoms with van der Waals surface area (Å²) in [7, 11) is -6.57. The number of methoxy groups -OCH3 is 1. The Balaban J connectivity index is 1.81. The number of hydrogen-bond acceptors (Lipinski definition) is 6. The Kier molecular flexibility index (Phi) is 8.08. The Labute approximate surface area is 213 Å². The second-order valence-corrected chi connectivity index (χ2v) is 12.0. The zero-order valence-corrected chi connectivity index (χ0v) is 22.3. The van der Waals surface area contributed by atoms with Crippen molar-refractivity contribution < 1.29 is 26.4 Å². The number of rotatable bonds is 9. The number of nitrogens with one attached hydrogen (secondary N) is 3. The number of carbonyl (C=O) groups is 1. The van der Waals surface area contributed by atoms with E-state index in [-0.39, 0.29) is 32.8 Å². The monoisotopic (exact) mass is 581 g/mol. The Bertz CT molecular complexity index is 1420. The fourth-order valence-electron chi connectivity index (χ4n) is 3.02. The highest BCUT2D eigenvalue weighted by atomic mass is 79.9. The van der Waals surface area contributed by atoms with Gasteiger partial charge in [0.2, 0.25) is 0 Å². The summed E-state index contributed by atoms with van der Waals surface area (Å²) in [5, 5.41) is 2.70. The van der Waals surface area contributed by atoms with Crippen molar-refractivity contribution in [2.45, 2.75) is 29.7 Å². The molecule has 186 valence electrons. The lowest BCUT2D eigenvalue weighted by atomic mass is 10.2. The summed E-state index contributed by atoms with van der Waals surface area (Å²) in [6, 6.07) is 15.6. The molecule has 0 aromatic heterocycles. The topological polar surface area (TPSA) is 131 Å². The third-order valence-electron chi connectivity index (χ3n) is 4.66. The van der Waals surface area contributed by atoms with Gasteiger partial charge >= 0.3 is 0 Å². The molecule has 3 N–H and O–H groups in total. The molecule has 1 amide bonds. The highest BCUT2D eigenvalue weighted by Gasteiger charge is 2.21. The first-order valence-electron chi connectivity index (χ1n) is 10.3. The van der Waals surface area contributed by atoms with Crippen LogP contribution in [0.15, 0.2) is 81.0 Å². The van der Waals surface area contributed by atoms with Crippen LogP contribution in [0, 0.1) is 0 Å². The number of amides is 1. The van der Waals surface area contributed by atoms with Crippen LogP contribution < -0.4 is 19.5 Å². The van der Waals surface area contributed by atoms with Gasteiger partial charge in [-0.15, -0.1) is 0 Å². The van der Waals surface area contributed by atoms with Crippen LogP contribution in [0.2, 0.25) is 0 Å². The number of benzene rings is 3. The first-order valence-corrected chi connectivity index (χ1v) is 14.1. The fourth-order valence-corrected chi connectivity index (χ4v) is 5.43. The minimum atomic E-state index is -4.08. The molecule has 0 aliphatic heterocycles. The summed E-state index contributed by atoms with van der Waals surface area (Å²) in [6.45, 7) is 3.57. The van der Waals surface area contributed by atoms with Crippen LogP contribution >= 0.6 is 15.9 Å². The van der Waals surface area contributed by atoms with E-state index in [1.807, 2.05) is 0 Å². The molecular weight excluding hydrogens is 558 g/mol. The van der Waals surface area contributed by atoms with Crippen molar-refractivity contribution in [3.8, 4) is 5.75 Å². The number of hydrogen-bond donors (Lipinski definition) is 3. The van der Waals surface area contributed by atoms with Crippen LogP contribution in [-0.4, -0.2) is 35.9 Å². The zero-order valence-electron chi connectivity index (χ0n) is 19.1. The highest BCUT2D eigenvalue weighted by Crippen LogP contribution is 2.25. The number of ether oxygens (including phenoxy) is 1. The number of sulfonamides is 2. The predicted molar refractivity (Wildman–Crippen MR) is 138 cm³/mol. The molecule has 3 aromatic rings. The van der Waals surface area contributed by atoms with Crippen LogP contribution in [-0.2, 0) is 20.0 Å². The minimum absolute atomic E-state index is 0.0412. The molecule has 35 heavy (non-hydrogen) atoms. The van der Waals surface area contributed by atoms with Gasteiger partial charge in [0.1, 0.15) is 5.75 Å². The van der Waals surface area contributed by atoms with E-state index in [1.165, 1.54) is 49.6 Å². The van der Waals surface area contributed by atoms with E-state index in [2.05, 4.69) is 30.7 Å². The third-order valence-corrected chi connectivity index (χ3v) is 7.96. The lowest BCUT2D eigenvalue weighted by Crippen LogP contribution is -2.30. The van der Waals surface area contributed by atoms with E-state index in [0.717, 1.165) is 4.47 Å². The average molecular weight is 582 g/mol. The predicted octanol–water partition coefficient (Wildman–Crippen LogP) is 4.20. The molecule has 0 aliphatic rings. The van der Waals surface area contributed by atoms with E-state index in [9.17, 15) is 21.6 Å². The Hall–Kier alpha value is -3.09. The Morgan fingerprint density at radius 1 is 0.800 bits per heavy atom. The first kappa shape index (κ1) is 26.5. The largest absolute Gasteiger partial charge is 0.496 e. The summed E-state index contributed by atoms with van der Waals surface area (Å²) in [5.74, 6) is -0.239. The molecule has 0 radical (unpaired) electrons. The number of carbonyl (C=O) groups excluding carboxylic acids is 1. The van der Waals surface area contributed by atoms with Gasteiger partial charge in [-0.2, -0.15) is 0 Å². The van der Waals surface area contributed by atoms with Crippen molar-refractivity contribution in [3.05, 3.63) is 76.8 Å². The van der Waals surface area contributed by atoms with E-state index < -0.39 is 26.0 Å². The lowest BCUT2D eigenvalue weighted by Gasteiger charge is -2.14. The molecule has 0 bridgehead atoms. The number of halogens is 1. The van der Waals surface area contributed by atoms with Gasteiger partial charge in [-0.3, -0.25) is 14.2 Å². The summed E-state index contributed by atoms with van der Waals surface area (Å²) in [4.78, 5) is 12.3. The maximum atomic E-state index is 12.9. The summed E-state index contributed by atoms with van der Waals surface area (Å²) >= 11 is 3.29. The molecule has 0 saturated heterocycles. The van der Waals surface area contributed by atoms with Gasteiger partial charge in [-0.05, 0) is 80.6 Å². The van der Waals surface area contributed by atoms with Crippen molar-refractivity contribution in [3.63, 3.8) is 0 Å². The first-order chi connectivity index (χ1) is 16.4. The Morgan fingerprint density at radius 3 is 1.80 bits per heavy atom. The maximum Gasteiger partial charge on any atom is 0.261 e. The molecule has 0 heterocycles. The average Bonchev–Trinajstić information content (AvgIpc) is 2.79. The quantitative estimate of drug-likeness (QED) is 0.347. The summed E-state index contributed by atoms with van der Waals surface area (Å²) in [5.41, 5.74) is 0.607. The van der Waals surface area contributed by atoms with E-state index >= 15 is 0 Å². The molecule has 3 rings (SSSR count). The summed E-state index contributed by atoms with van der Waals surface area (Å²) in [6.07, 6.45) is 0. The molecule has 0 unspecified atom stereocenters. The van der Waals surface area contributed by atoms with E-state index in [0.29, 0.717) is 5.69 Å². The lowest BCUT2D eigenvalue weighted by molar-refractivity contribution is 0.0940. The summed E-state index contributed by atoms with van der Waals surface area (Å²) < 4.78 is 62.0. The molecule has 12 heteroatoms. The van der Waals surface area contributed by atoms with Crippen molar-refractivity contribution in [2.24, 2.45) is 0 Å². The molecular formula is C23H24BrN3O6S2. The zero-order chi connectivity index (χ0) is 25.8. The van der Waals surface area contributed by atoms with Gasteiger partial charge in [0.25, 0.3) is 26.0 Å². The molecule has 0 fully saturated rings. The highest BCUT2D eigenvalue weighted by molar-refractivity contribution is 9.10. The molecule has 3 aromatic carbocycles. The van der Waals surface area contributed by atoms with Crippen LogP contribution in [0.25, 0.3) is 0 Å². The van der Waals surface area contributed by atoms with E-state index in [1.54, 1.807) is 38.1 Å². The smallest absolute Gasteiger partial charge is 0.261 e. The van der Waals surface area contributed by atoms with Crippen LogP contribution in [0.4, 0.5) is 11.4 Å². The third kappa shape index (κ3) is 6.74. The van der Waals surface area contributed by atoms with Gasteiger partial charge in [0, 0.05) is 21.9 Å². The SMILES string of the molecule is COc1ccc(S(=O)(=O)Nc2ccc(S(=O)(=O)Nc3ccc(Br)cc3)cc2)cc1C(=O)NC(C)C. The fraction of sp³-hybridized carbons (Fsp3) is 0.174. The van der Waals surface area contributed by atoms with Crippen LogP contribution in [0.5, 0.6) is 5.75 Å². The molecule has 0 atom stereocenters. The second-order valence-electron chi connectivity index (χ2n) is 7.73.